The van der Waals surface area contributed by atoms with Gasteiger partial charge in [-0.1, -0.05) is 6.07 Å². The van der Waals surface area contributed by atoms with Gasteiger partial charge in [0, 0.05) is 81.5 Å². The van der Waals surface area contributed by atoms with Crippen LogP contribution in [0.4, 0.5) is 0 Å². The van der Waals surface area contributed by atoms with Gasteiger partial charge in [0.1, 0.15) is 0 Å². The standard InChI is InChI=1S/C24H33N5O2/c30-23-19(13-27-6-3-24(16-27)4-7-31-8-5-24)1-2-22-20-9-18(12-29(22)23)11-28(14-20)15-21-10-25-17-26-21/h1-2,10,17-18,20H,3-9,11-16H2,(H,25,26)/t18-,20+/m0/s1. The summed E-state index contributed by atoms with van der Waals surface area (Å²) in [5, 5.41) is 0. The van der Waals surface area contributed by atoms with Crippen molar-refractivity contribution in [1.29, 1.82) is 0 Å². The van der Waals surface area contributed by atoms with Gasteiger partial charge in [-0.3, -0.25) is 14.6 Å². The van der Waals surface area contributed by atoms with Crippen molar-refractivity contribution in [2.45, 2.75) is 51.2 Å². The Morgan fingerprint density at radius 3 is 2.84 bits per heavy atom. The van der Waals surface area contributed by atoms with Crippen molar-refractivity contribution in [2.24, 2.45) is 11.3 Å². The molecule has 7 nitrogen and oxygen atoms in total. The Bertz CT molecular complexity index is 978. The number of ether oxygens (including phenoxy) is 1. The number of H-pyrrole nitrogens is 1. The summed E-state index contributed by atoms with van der Waals surface area (Å²) >= 11 is 0. The maximum atomic E-state index is 13.4. The molecule has 1 spiro atoms. The topological polar surface area (TPSA) is 66.4 Å². The second kappa shape index (κ2) is 7.87. The molecule has 3 saturated heterocycles. The summed E-state index contributed by atoms with van der Waals surface area (Å²) in [5.74, 6) is 1.01. The zero-order valence-corrected chi connectivity index (χ0v) is 18.3. The van der Waals surface area contributed by atoms with E-state index in [9.17, 15) is 4.79 Å². The molecule has 2 atom stereocenters. The van der Waals surface area contributed by atoms with E-state index < -0.39 is 0 Å². The van der Waals surface area contributed by atoms with Gasteiger partial charge in [-0.2, -0.15) is 0 Å². The van der Waals surface area contributed by atoms with Crippen molar-refractivity contribution >= 4 is 0 Å². The molecule has 0 unspecified atom stereocenters. The summed E-state index contributed by atoms with van der Waals surface area (Å²) in [6.45, 7) is 8.66. The van der Waals surface area contributed by atoms with E-state index in [-0.39, 0.29) is 5.56 Å². The highest BCUT2D eigenvalue weighted by Crippen LogP contribution is 2.40. The first-order chi connectivity index (χ1) is 15.2. The van der Waals surface area contributed by atoms with E-state index in [1.165, 1.54) is 37.1 Å². The minimum atomic E-state index is 0.252. The molecule has 4 aliphatic rings. The van der Waals surface area contributed by atoms with Gasteiger partial charge in [-0.15, -0.1) is 0 Å². The smallest absolute Gasteiger partial charge is 0.255 e. The molecule has 166 valence electrons. The van der Waals surface area contributed by atoms with Gasteiger partial charge in [0.15, 0.2) is 0 Å². The van der Waals surface area contributed by atoms with Crippen molar-refractivity contribution in [3.05, 3.63) is 52.0 Å². The van der Waals surface area contributed by atoms with Crippen molar-refractivity contribution in [2.75, 3.05) is 39.4 Å². The monoisotopic (exact) mass is 423 g/mol. The number of likely N-dealkylation sites (tertiary alicyclic amines) is 2. The molecular weight excluding hydrogens is 390 g/mol. The van der Waals surface area contributed by atoms with Crippen LogP contribution in [-0.4, -0.2) is 63.7 Å². The summed E-state index contributed by atoms with van der Waals surface area (Å²) in [4.78, 5) is 25.8. The van der Waals surface area contributed by atoms with Gasteiger partial charge in [0.2, 0.25) is 0 Å². The van der Waals surface area contributed by atoms with E-state index in [1.54, 1.807) is 6.33 Å². The predicted molar refractivity (Wildman–Crippen MR) is 118 cm³/mol. The first kappa shape index (κ1) is 19.7. The molecule has 2 aromatic heterocycles. The van der Waals surface area contributed by atoms with Crippen LogP contribution in [0.5, 0.6) is 0 Å². The number of imidazole rings is 1. The van der Waals surface area contributed by atoms with Gasteiger partial charge >= 0.3 is 0 Å². The van der Waals surface area contributed by atoms with Crippen molar-refractivity contribution in [3.63, 3.8) is 0 Å². The lowest BCUT2D eigenvalue weighted by Gasteiger charge is -2.42. The Labute approximate surface area is 183 Å². The number of nitrogens with zero attached hydrogens (tertiary/aromatic N) is 4. The number of hydrogen-bond donors (Lipinski definition) is 1. The van der Waals surface area contributed by atoms with Gasteiger partial charge in [0.25, 0.3) is 5.56 Å². The number of piperidine rings is 1. The third-order valence-electron chi connectivity index (χ3n) is 8.17. The first-order valence-electron chi connectivity index (χ1n) is 11.9. The third kappa shape index (κ3) is 3.77. The molecule has 0 amide bonds. The fourth-order valence-electron chi connectivity index (χ4n) is 6.57. The van der Waals surface area contributed by atoms with E-state index >= 15 is 0 Å². The van der Waals surface area contributed by atoms with Crippen molar-refractivity contribution in [3.8, 4) is 0 Å². The zero-order valence-electron chi connectivity index (χ0n) is 18.3. The molecule has 4 aliphatic heterocycles. The lowest BCUT2D eigenvalue weighted by Crippen LogP contribution is -2.47. The minimum absolute atomic E-state index is 0.252. The molecule has 2 aromatic rings. The number of fused-ring (bicyclic) bond motifs is 4. The van der Waals surface area contributed by atoms with Crippen LogP contribution in [0.25, 0.3) is 0 Å². The molecule has 6 rings (SSSR count). The Kier molecular flexibility index (Phi) is 5.00. The Morgan fingerprint density at radius 2 is 2.00 bits per heavy atom. The number of aromatic nitrogens is 3. The average molecular weight is 424 g/mol. The number of aromatic amines is 1. The van der Waals surface area contributed by atoms with Crippen molar-refractivity contribution in [1.82, 2.24) is 24.3 Å². The molecule has 2 bridgehead atoms. The lowest BCUT2D eigenvalue weighted by molar-refractivity contribution is 0.0190. The van der Waals surface area contributed by atoms with Crippen molar-refractivity contribution < 1.29 is 4.74 Å². The van der Waals surface area contributed by atoms with Crippen LogP contribution in [-0.2, 0) is 24.4 Å². The molecule has 3 fully saturated rings. The Balaban J connectivity index is 1.17. The number of nitrogens with one attached hydrogen (secondary N) is 1. The highest BCUT2D eigenvalue weighted by molar-refractivity contribution is 5.22. The molecule has 0 aliphatic carbocycles. The van der Waals surface area contributed by atoms with E-state index in [1.807, 2.05) is 6.20 Å². The lowest BCUT2D eigenvalue weighted by atomic mass is 9.80. The number of pyridine rings is 1. The summed E-state index contributed by atoms with van der Waals surface area (Å²) in [5.41, 5.74) is 4.06. The Morgan fingerprint density at radius 1 is 1.10 bits per heavy atom. The SMILES string of the molecule is O=c1c(CN2CCC3(CCOCC3)C2)ccc2n1C[C@H]1C[C@@H]2CN(Cc2cnc[nH]2)C1. The summed E-state index contributed by atoms with van der Waals surface area (Å²) in [6.07, 6.45) is 8.46. The number of rotatable bonds is 4. The van der Waals surface area contributed by atoms with Gasteiger partial charge in [-0.25, -0.2) is 4.98 Å². The highest BCUT2D eigenvalue weighted by atomic mass is 16.5. The maximum absolute atomic E-state index is 13.4. The second-order valence-corrected chi connectivity index (χ2v) is 10.3. The quantitative estimate of drug-likeness (QED) is 0.817. The minimum Gasteiger partial charge on any atom is -0.381 e. The fraction of sp³-hybridized carbons (Fsp3) is 0.667. The molecule has 6 heterocycles. The normalized spacial score (nSPS) is 28.1. The molecule has 1 N–H and O–H groups in total. The molecule has 0 radical (unpaired) electrons. The molecule has 7 heteroatoms. The van der Waals surface area contributed by atoms with E-state index in [4.69, 9.17) is 4.74 Å². The fourth-order valence-corrected chi connectivity index (χ4v) is 6.57. The summed E-state index contributed by atoms with van der Waals surface area (Å²) in [6, 6.07) is 4.37. The van der Waals surface area contributed by atoms with Crippen LogP contribution in [0.1, 0.15) is 48.6 Å². The first-order valence-corrected chi connectivity index (χ1v) is 11.9. The maximum Gasteiger partial charge on any atom is 0.255 e. The van der Waals surface area contributed by atoms with Gasteiger partial charge in [0.05, 0.1) is 6.33 Å². The van der Waals surface area contributed by atoms with Crippen LogP contribution in [0.3, 0.4) is 0 Å². The molecule has 31 heavy (non-hydrogen) atoms. The van der Waals surface area contributed by atoms with Crippen LogP contribution in [0.2, 0.25) is 0 Å². The van der Waals surface area contributed by atoms with E-state index in [2.05, 4.69) is 36.5 Å². The number of hydrogen-bond acceptors (Lipinski definition) is 5. The predicted octanol–water partition coefficient (Wildman–Crippen LogP) is 2.19. The van der Waals surface area contributed by atoms with Gasteiger partial charge < -0.3 is 14.3 Å². The molecular formula is C24H33N5O2. The molecule has 0 aromatic carbocycles. The average Bonchev–Trinajstić information content (AvgIpc) is 3.41. The molecule has 0 saturated carbocycles. The van der Waals surface area contributed by atoms with E-state index in [0.717, 1.165) is 64.6 Å². The zero-order chi connectivity index (χ0) is 20.8. The van der Waals surface area contributed by atoms with Crippen LogP contribution in [0.15, 0.2) is 29.5 Å². The van der Waals surface area contributed by atoms with Gasteiger partial charge in [-0.05, 0) is 49.6 Å². The van der Waals surface area contributed by atoms with E-state index in [0.29, 0.717) is 17.3 Å². The summed E-state index contributed by atoms with van der Waals surface area (Å²) in [7, 11) is 0. The van der Waals surface area contributed by atoms with Crippen LogP contribution in [0, 0.1) is 11.3 Å². The summed E-state index contributed by atoms with van der Waals surface area (Å²) < 4.78 is 7.70. The largest absolute Gasteiger partial charge is 0.381 e. The van der Waals surface area contributed by atoms with Crippen LogP contribution >= 0.6 is 0 Å². The third-order valence-corrected chi connectivity index (χ3v) is 8.17. The Hall–Kier alpha value is -1.96. The van der Waals surface area contributed by atoms with Crippen LogP contribution < -0.4 is 5.56 Å². The highest BCUT2D eigenvalue weighted by Gasteiger charge is 2.40. The second-order valence-electron chi connectivity index (χ2n) is 10.3.